The second-order valence-electron chi connectivity index (χ2n) is 17.4. The van der Waals surface area contributed by atoms with Crippen molar-refractivity contribution in [2.24, 2.45) is 0 Å². The molecular formula is C43H52N6O11S. The zero-order valence-corrected chi connectivity index (χ0v) is 36.7. The lowest BCUT2D eigenvalue weighted by molar-refractivity contribution is -0.387. The van der Waals surface area contributed by atoms with Gasteiger partial charge in [0.25, 0.3) is 15.7 Å². The van der Waals surface area contributed by atoms with Gasteiger partial charge < -0.3 is 24.8 Å². The van der Waals surface area contributed by atoms with E-state index >= 15 is 0 Å². The predicted molar refractivity (Wildman–Crippen MR) is 228 cm³/mol. The van der Waals surface area contributed by atoms with Gasteiger partial charge in [0.2, 0.25) is 5.91 Å². The quantitative estimate of drug-likeness (QED) is 0.0574. The molecule has 2 atom stereocenters. The van der Waals surface area contributed by atoms with Gasteiger partial charge in [-0.25, -0.2) is 22.8 Å². The molecule has 5 rings (SSSR count). The average molecular weight is 861 g/mol. The Hall–Kier alpha value is -6.27. The molecule has 2 N–H and O–H groups in total. The zero-order valence-electron chi connectivity index (χ0n) is 35.8. The van der Waals surface area contributed by atoms with E-state index in [1.165, 1.54) is 33.7 Å². The van der Waals surface area contributed by atoms with Gasteiger partial charge in [-0.2, -0.15) is 4.31 Å². The number of carbonyl (C=O) groups excluding carboxylic acids is 4. The van der Waals surface area contributed by atoms with Gasteiger partial charge in [-0.3, -0.25) is 24.0 Å². The summed E-state index contributed by atoms with van der Waals surface area (Å²) >= 11 is 0. The van der Waals surface area contributed by atoms with Gasteiger partial charge in [-0.1, -0.05) is 48.5 Å². The molecule has 0 saturated heterocycles. The number of nitro groups is 1. The van der Waals surface area contributed by atoms with E-state index in [2.05, 4.69) is 10.6 Å². The molecule has 17 nitrogen and oxygen atoms in total. The monoisotopic (exact) mass is 860 g/mol. The SMILES string of the molecule is CN([C@@H](Cc1cn(C(=O)OC(C)(C)C)c2ccccc12)NC(=O)[C@@H](Cc1cn(C(=O)OC(C)(C)C)c2ccccc12)NC(=O)OC(C)(C)C)S(=O)(=O)c1ccccc1[N+](=O)[O-]. The topological polar surface area (TPSA) is 210 Å². The summed E-state index contributed by atoms with van der Waals surface area (Å²) in [6, 6.07) is 17.1. The van der Waals surface area contributed by atoms with Gasteiger partial charge in [0.1, 0.15) is 22.8 Å². The Labute approximate surface area is 354 Å². The van der Waals surface area contributed by atoms with Gasteiger partial charge in [0, 0.05) is 49.1 Å². The lowest BCUT2D eigenvalue weighted by Gasteiger charge is -2.30. The third-order valence-corrected chi connectivity index (χ3v) is 11.0. The van der Waals surface area contributed by atoms with Crippen LogP contribution in [0.5, 0.6) is 0 Å². The van der Waals surface area contributed by atoms with Crippen molar-refractivity contribution < 1.29 is 46.7 Å². The molecule has 2 aromatic heterocycles. The summed E-state index contributed by atoms with van der Waals surface area (Å²) in [6.07, 6.45) is -1.33. The fourth-order valence-electron chi connectivity index (χ4n) is 6.52. The number of likely N-dealkylation sites (N-methyl/N-ethyl adjacent to an activating group) is 1. The molecule has 0 spiro atoms. The summed E-state index contributed by atoms with van der Waals surface area (Å²) in [6.45, 7) is 15.2. The van der Waals surface area contributed by atoms with Crippen molar-refractivity contribution in [3.63, 3.8) is 0 Å². The minimum absolute atomic E-state index is 0.216. The van der Waals surface area contributed by atoms with E-state index in [-0.39, 0.29) is 12.8 Å². The number of alkyl carbamates (subject to hydrolysis) is 1. The van der Waals surface area contributed by atoms with Gasteiger partial charge in [0.15, 0.2) is 4.90 Å². The number of nitrogens with one attached hydrogen (secondary N) is 2. The lowest BCUT2D eigenvalue weighted by Crippen LogP contribution is -2.56. The van der Waals surface area contributed by atoms with E-state index in [1.807, 2.05) is 0 Å². The van der Waals surface area contributed by atoms with Crippen LogP contribution in [0.2, 0.25) is 0 Å². The third-order valence-electron chi connectivity index (χ3n) is 9.08. The Kier molecular flexibility index (Phi) is 13.0. The highest BCUT2D eigenvalue weighted by Gasteiger charge is 2.37. The first kappa shape index (κ1) is 45.8. The minimum atomic E-state index is -4.74. The van der Waals surface area contributed by atoms with Gasteiger partial charge >= 0.3 is 18.3 Å². The average Bonchev–Trinajstić information content (AvgIpc) is 3.70. The number of para-hydroxylation sites is 3. The molecule has 3 aromatic carbocycles. The fraction of sp³-hybridized carbons (Fsp3) is 0.395. The van der Waals surface area contributed by atoms with Crippen molar-refractivity contribution in [1.29, 1.82) is 0 Å². The first-order valence-electron chi connectivity index (χ1n) is 19.4. The molecular weight excluding hydrogens is 809 g/mol. The Bertz CT molecular complexity index is 2590. The standard InChI is InChI=1S/C43H52N6O11S/c1-41(2,3)58-38(51)44-31(23-27-25-47(39(52)59-42(4,5)6)32-19-13-11-17-29(27)32)37(50)45-36(46(10)61(56,57)35-22-16-15-21-34(35)49(54)55)24-28-26-48(40(53)60-43(7,8)9)33-20-14-12-18-30(28)33/h11-22,25-26,31,36H,23-24H2,1-10H3,(H,44,51)(H,45,50)/t31-,36+/m1/s1. The maximum Gasteiger partial charge on any atom is 0.419 e. The van der Waals surface area contributed by atoms with Crippen LogP contribution in [0.1, 0.15) is 73.4 Å². The van der Waals surface area contributed by atoms with Crippen LogP contribution in [-0.4, -0.2) is 87.0 Å². The lowest BCUT2D eigenvalue weighted by atomic mass is 10.0. The summed E-state index contributed by atoms with van der Waals surface area (Å²) in [5.74, 6) is -0.870. The molecule has 0 saturated carbocycles. The number of nitrogens with zero attached hydrogens (tertiary/aromatic N) is 4. The van der Waals surface area contributed by atoms with E-state index in [1.54, 1.807) is 111 Å². The zero-order chi connectivity index (χ0) is 45.2. The van der Waals surface area contributed by atoms with E-state index in [9.17, 15) is 37.7 Å². The van der Waals surface area contributed by atoms with Gasteiger partial charge in [-0.15, -0.1) is 0 Å². The molecule has 18 heteroatoms. The number of sulfonamides is 1. The molecule has 326 valence electrons. The maximum atomic E-state index is 14.7. The Morgan fingerprint density at radius 1 is 0.689 bits per heavy atom. The smallest absolute Gasteiger partial charge is 0.419 e. The number of nitro benzene ring substituents is 1. The van der Waals surface area contributed by atoms with Crippen molar-refractivity contribution in [2.45, 2.75) is 109 Å². The summed E-state index contributed by atoms with van der Waals surface area (Å²) < 4.78 is 48.9. The molecule has 0 unspecified atom stereocenters. The fourth-order valence-corrected chi connectivity index (χ4v) is 7.95. The summed E-state index contributed by atoms with van der Waals surface area (Å²) in [4.78, 5) is 65.4. The van der Waals surface area contributed by atoms with Crippen LogP contribution < -0.4 is 10.6 Å². The Morgan fingerprint density at radius 3 is 1.61 bits per heavy atom. The summed E-state index contributed by atoms with van der Waals surface area (Å²) in [7, 11) is -3.57. The van der Waals surface area contributed by atoms with Crippen LogP contribution >= 0.6 is 0 Å². The van der Waals surface area contributed by atoms with Gasteiger partial charge in [0.05, 0.1) is 22.1 Å². The molecule has 0 aliphatic rings. The Morgan fingerprint density at radius 2 is 1.13 bits per heavy atom. The first-order valence-corrected chi connectivity index (χ1v) is 20.9. The molecule has 61 heavy (non-hydrogen) atoms. The van der Waals surface area contributed by atoms with Crippen molar-refractivity contribution in [2.75, 3.05) is 7.05 Å². The van der Waals surface area contributed by atoms with Crippen LogP contribution in [0.3, 0.4) is 0 Å². The highest BCUT2D eigenvalue weighted by molar-refractivity contribution is 7.89. The van der Waals surface area contributed by atoms with Crippen LogP contribution in [0, 0.1) is 10.1 Å². The van der Waals surface area contributed by atoms with Crippen LogP contribution in [0.25, 0.3) is 21.8 Å². The largest absolute Gasteiger partial charge is 0.444 e. The molecule has 0 aliphatic heterocycles. The van der Waals surface area contributed by atoms with Gasteiger partial charge in [-0.05, 0) is 91.6 Å². The number of hydrogen-bond acceptors (Lipinski definition) is 11. The van der Waals surface area contributed by atoms with Crippen LogP contribution in [-0.2, 0) is 41.9 Å². The number of fused-ring (bicyclic) bond motifs is 2. The molecule has 5 aromatic rings. The van der Waals surface area contributed by atoms with E-state index in [0.29, 0.717) is 32.9 Å². The van der Waals surface area contributed by atoms with Crippen molar-refractivity contribution in [3.05, 3.63) is 106 Å². The number of amides is 2. The molecule has 2 heterocycles. The van der Waals surface area contributed by atoms with E-state index in [0.717, 1.165) is 23.5 Å². The first-order chi connectivity index (χ1) is 28.3. The second kappa shape index (κ2) is 17.4. The predicted octanol–water partition coefficient (Wildman–Crippen LogP) is 7.51. The Balaban J connectivity index is 1.62. The number of carbonyl (C=O) groups is 4. The number of aromatic nitrogens is 2. The highest BCUT2D eigenvalue weighted by Crippen LogP contribution is 2.30. The molecule has 0 fully saturated rings. The van der Waals surface area contributed by atoms with Crippen LogP contribution in [0.4, 0.5) is 20.1 Å². The van der Waals surface area contributed by atoms with Crippen molar-refractivity contribution >= 4 is 61.7 Å². The second-order valence-corrected chi connectivity index (χ2v) is 19.4. The number of ether oxygens (including phenoxy) is 3. The highest BCUT2D eigenvalue weighted by atomic mass is 32.2. The van der Waals surface area contributed by atoms with Crippen LogP contribution in [0.15, 0.2) is 90.1 Å². The van der Waals surface area contributed by atoms with Crippen molar-refractivity contribution in [3.8, 4) is 0 Å². The van der Waals surface area contributed by atoms with E-state index in [4.69, 9.17) is 14.2 Å². The summed E-state index contributed by atoms with van der Waals surface area (Å²) in [5, 5.41) is 18.5. The van der Waals surface area contributed by atoms with E-state index < -0.39 is 78.7 Å². The number of benzene rings is 3. The normalized spacial score (nSPS) is 13.4. The molecule has 2 amide bonds. The molecule has 0 aliphatic carbocycles. The molecule has 0 radical (unpaired) electrons. The minimum Gasteiger partial charge on any atom is -0.444 e. The molecule has 0 bridgehead atoms. The third kappa shape index (κ3) is 11.1. The number of hydrogen-bond donors (Lipinski definition) is 2. The van der Waals surface area contributed by atoms with Crippen molar-refractivity contribution in [1.82, 2.24) is 24.1 Å². The maximum absolute atomic E-state index is 14.7. The summed E-state index contributed by atoms with van der Waals surface area (Å²) in [5.41, 5.74) is -1.57. The number of rotatable bonds is 11.